The Morgan fingerprint density at radius 2 is 2.31 bits per heavy atom. The Hall–Kier alpha value is -1.53. The first-order chi connectivity index (χ1) is 6.22. The third kappa shape index (κ3) is 1.16. The van der Waals surface area contributed by atoms with Gasteiger partial charge in [0.15, 0.2) is 0 Å². The van der Waals surface area contributed by atoms with Crippen LogP contribution >= 0.6 is 11.6 Å². The van der Waals surface area contributed by atoms with Crippen LogP contribution in [-0.2, 0) is 11.2 Å². The van der Waals surface area contributed by atoms with Crippen LogP contribution < -0.4 is 5.32 Å². The molecule has 2 rings (SSSR count). The molecule has 1 N–H and O–H groups in total. The number of nitriles is 1. The fraction of sp³-hybridized carbons (Fsp3) is 0.111. The van der Waals surface area contributed by atoms with Crippen molar-refractivity contribution < 1.29 is 4.79 Å². The van der Waals surface area contributed by atoms with E-state index < -0.39 is 0 Å². The second-order valence-corrected chi connectivity index (χ2v) is 3.17. The zero-order valence-corrected chi connectivity index (χ0v) is 7.35. The fourth-order valence-electron chi connectivity index (χ4n) is 1.35. The summed E-state index contributed by atoms with van der Waals surface area (Å²) < 4.78 is 0. The monoisotopic (exact) mass is 192 g/mol. The summed E-state index contributed by atoms with van der Waals surface area (Å²) in [5.74, 6) is -0.0769. The molecule has 0 spiro atoms. The molecule has 64 valence electrons. The number of halogens is 1. The van der Waals surface area contributed by atoms with Gasteiger partial charge >= 0.3 is 0 Å². The number of benzene rings is 1. The van der Waals surface area contributed by atoms with Crippen LogP contribution in [-0.4, -0.2) is 5.91 Å². The van der Waals surface area contributed by atoms with Crippen molar-refractivity contribution in [2.24, 2.45) is 0 Å². The number of hydrogen-bond donors (Lipinski definition) is 1. The van der Waals surface area contributed by atoms with E-state index in [2.05, 4.69) is 5.32 Å². The molecule has 0 radical (unpaired) electrons. The number of anilines is 1. The van der Waals surface area contributed by atoms with Gasteiger partial charge in [-0.2, -0.15) is 5.26 Å². The van der Waals surface area contributed by atoms with Crippen molar-refractivity contribution in [3.63, 3.8) is 0 Å². The summed E-state index contributed by atoms with van der Waals surface area (Å²) in [6, 6.07) is 5.27. The van der Waals surface area contributed by atoms with Crippen molar-refractivity contribution in [1.29, 1.82) is 5.26 Å². The Morgan fingerprint density at radius 1 is 1.54 bits per heavy atom. The van der Waals surface area contributed by atoms with E-state index in [4.69, 9.17) is 16.9 Å². The summed E-state index contributed by atoms with van der Waals surface area (Å²) in [6.07, 6.45) is 0.268. The van der Waals surface area contributed by atoms with Crippen molar-refractivity contribution in [1.82, 2.24) is 0 Å². The first kappa shape index (κ1) is 8.09. The minimum atomic E-state index is -0.0769. The molecular weight excluding hydrogens is 188 g/mol. The minimum absolute atomic E-state index is 0.0769. The van der Waals surface area contributed by atoms with Crippen LogP contribution in [0, 0.1) is 11.3 Å². The standard InChI is InChI=1S/C9H5ClN2O/c10-9-5(4-11)1-2-7-6(9)3-8(13)12-7/h1-2H,3H2,(H,12,13). The molecule has 0 unspecified atom stereocenters. The zero-order chi connectivity index (χ0) is 9.42. The summed E-state index contributed by atoms with van der Waals surface area (Å²) in [6.45, 7) is 0. The number of amides is 1. The van der Waals surface area contributed by atoms with Gasteiger partial charge in [-0.3, -0.25) is 4.79 Å². The molecular formula is C9H5ClN2O. The summed E-state index contributed by atoms with van der Waals surface area (Å²) in [7, 11) is 0. The third-order valence-corrected chi connectivity index (χ3v) is 2.41. The molecule has 1 amide bonds. The first-order valence-corrected chi connectivity index (χ1v) is 4.11. The average molecular weight is 193 g/mol. The molecule has 0 atom stereocenters. The fourth-order valence-corrected chi connectivity index (χ4v) is 1.63. The van der Waals surface area contributed by atoms with Gasteiger partial charge in [0.25, 0.3) is 0 Å². The van der Waals surface area contributed by atoms with E-state index in [0.29, 0.717) is 16.3 Å². The van der Waals surface area contributed by atoms with Gasteiger partial charge in [-0.05, 0) is 12.1 Å². The molecule has 1 aromatic carbocycles. The van der Waals surface area contributed by atoms with Crippen LogP contribution in [0.3, 0.4) is 0 Å². The molecule has 1 aliphatic heterocycles. The lowest BCUT2D eigenvalue weighted by Gasteiger charge is -2.01. The normalized spacial score (nSPS) is 13.4. The van der Waals surface area contributed by atoms with E-state index in [-0.39, 0.29) is 12.3 Å². The maximum absolute atomic E-state index is 11.0. The predicted octanol–water partition coefficient (Wildman–Crippen LogP) is 1.71. The number of carbonyl (C=O) groups excluding carboxylic acids is 1. The Balaban J connectivity index is 2.62. The highest BCUT2D eigenvalue weighted by Gasteiger charge is 2.21. The molecule has 3 nitrogen and oxygen atoms in total. The summed E-state index contributed by atoms with van der Waals surface area (Å²) in [5, 5.41) is 11.7. The molecule has 1 aliphatic rings. The summed E-state index contributed by atoms with van der Waals surface area (Å²) >= 11 is 5.90. The largest absolute Gasteiger partial charge is 0.325 e. The lowest BCUT2D eigenvalue weighted by molar-refractivity contribution is -0.115. The van der Waals surface area contributed by atoms with Crippen molar-refractivity contribution >= 4 is 23.2 Å². The van der Waals surface area contributed by atoms with Crippen LogP contribution in [0.1, 0.15) is 11.1 Å². The number of hydrogen-bond acceptors (Lipinski definition) is 2. The first-order valence-electron chi connectivity index (χ1n) is 3.73. The van der Waals surface area contributed by atoms with E-state index in [0.717, 1.165) is 5.56 Å². The topological polar surface area (TPSA) is 52.9 Å². The molecule has 4 heteroatoms. The third-order valence-electron chi connectivity index (χ3n) is 1.98. The Bertz CT molecular complexity index is 434. The maximum Gasteiger partial charge on any atom is 0.228 e. The number of fused-ring (bicyclic) bond motifs is 1. The summed E-state index contributed by atoms with van der Waals surface area (Å²) in [4.78, 5) is 11.0. The molecule has 0 fully saturated rings. The van der Waals surface area contributed by atoms with Crippen LogP contribution in [0.25, 0.3) is 0 Å². The molecule has 1 aromatic rings. The maximum atomic E-state index is 11.0. The van der Waals surface area contributed by atoms with Gasteiger partial charge in [0.05, 0.1) is 17.0 Å². The minimum Gasteiger partial charge on any atom is -0.325 e. The smallest absolute Gasteiger partial charge is 0.228 e. The lowest BCUT2D eigenvalue weighted by Crippen LogP contribution is -2.03. The van der Waals surface area contributed by atoms with Crippen molar-refractivity contribution in [2.75, 3.05) is 5.32 Å². The van der Waals surface area contributed by atoms with E-state index in [1.54, 1.807) is 12.1 Å². The van der Waals surface area contributed by atoms with E-state index in [9.17, 15) is 4.79 Å². The van der Waals surface area contributed by atoms with Crippen molar-refractivity contribution in [3.8, 4) is 6.07 Å². The van der Waals surface area contributed by atoms with Crippen LogP contribution in [0.15, 0.2) is 12.1 Å². The summed E-state index contributed by atoms with van der Waals surface area (Å²) in [5.41, 5.74) is 1.86. The number of rotatable bonds is 0. The van der Waals surface area contributed by atoms with Gasteiger partial charge in [-0.15, -0.1) is 0 Å². The molecule has 0 bridgehead atoms. The Kier molecular flexibility index (Phi) is 1.71. The number of nitrogens with one attached hydrogen (secondary N) is 1. The molecule has 13 heavy (non-hydrogen) atoms. The van der Waals surface area contributed by atoms with Crippen molar-refractivity contribution in [3.05, 3.63) is 28.3 Å². The Labute approximate surface area is 79.9 Å². The van der Waals surface area contributed by atoms with Gasteiger partial charge in [0, 0.05) is 11.3 Å². The quantitative estimate of drug-likeness (QED) is 0.680. The predicted molar refractivity (Wildman–Crippen MR) is 48.5 cm³/mol. The molecule has 0 saturated carbocycles. The van der Waals surface area contributed by atoms with Gasteiger partial charge in [0.2, 0.25) is 5.91 Å². The lowest BCUT2D eigenvalue weighted by atomic mass is 10.1. The molecule has 0 saturated heterocycles. The average Bonchev–Trinajstić information content (AvgIpc) is 2.47. The van der Waals surface area contributed by atoms with Gasteiger partial charge < -0.3 is 5.32 Å². The highest BCUT2D eigenvalue weighted by molar-refractivity contribution is 6.33. The van der Waals surface area contributed by atoms with Crippen LogP contribution in [0.4, 0.5) is 5.69 Å². The van der Waals surface area contributed by atoms with Gasteiger partial charge in [-0.1, -0.05) is 11.6 Å². The second kappa shape index (κ2) is 2.75. The second-order valence-electron chi connectivity index (χ2n) is 2.79. The Morgan fingerprint density at radius 3 is 3.00 bits per heavy atom. The van der Waals surface area contributed by atoms with Crippen LogP contribution in [0.5, 0.6) is 0 Å². The number of nitrogens with zero attached hydrogens (tertiary/aromatic N) is 1. The highest BCUT2D eigenvalue weighted by atomic mass is 35.5. The van der Waals surface area contributed by atoms with Gasteiger partial charge in [-0.25, -0.2) is 0 Å². The highest BCUT2D eigenvalue weighted by Crippen LogP contribution is 2.32. The van der Waals surface area contributed by atoms with Crippen LogP contribution in [0.2, 0.25) is 5.02 Å². The molecule has 0 aliphatic carbocycles. The zero-order valence-electron chi connectivity index (χ0n) is 6.60. The van der Waals surface area contributed by atoms with E-state index in [1.165, 1.54) is 0 Å². The molecule has 0 aromatic heterocycles. The van der Waals surface area contributed by atoms with Crippen molar-refractivity contribution in [2.45, 2.75) is 6.42 Å². The SMILES string of the molecule is N#Cc1ccc2c(c1Cl)CC(=O)N2. The molecule has 1 heterocycles. The van der Waals surface area contributed by atoms with Gasteiger partial charge in [0.1, 0.15) is 6.07 Å². The van der Waals surface area contributed by atoms with E-state index in [1.807, 2.05) is 6.07 Å². The number of carbonyl (C=O) groups is 1. The van der Waals surface area contributed by atoms with E-state index >= 15 is 0 Å².